The number of carbonyl (C=O) groups excluding carboxylic acids is 1. The molecule has 1 aliphatic heterocycles. The van der Waals surface area contributed by atoms with E-state index in [1.807, 2.05) is 12.1 Å². The van der Waals surface area contributed by atoms with E-state index < -0.39 is 6.09 Å². The van der Waals surface area contributed by atoms with Crippen molar-refractivity contribution in [3.05, 3.63) is 94.5 Å². The van der Waals surface area contributed by atoms with Crippen LogP contribution in [0.1, 0.15) is 40.4 Å². The van der Waals surface area contributed by atoms with E-state index in [9.17, 15) is 9.59 Å². The Morgan fingerprint density at radius 2 is 1.73 bits per heavy atom. The zero-order valence-corrected chi connectivity index (χ0v) is 18.4. The predicted molar refractivity (Wildman–Crippen MR) is 130 cm³/mol. The van der Waals surface area contributed by atoms with E-state index in [1.165, 1.54) is 38.6 Å². The highest BCUT2D eigenvalue weighted by Crippen LogP contribution is 2.34. The Hall–Kier alpha value is -3.99. The molecule has 5 heteroatoms. The van der Waals surface area contributed by atoms with Crippen molar-refractivity contribution in [3.8, 4) is 0 Å². The molecule has 1 unspecified atom stereocenters. The second kappa shape index (κ2) is 8.51. The van der Waals surface area contributed by atoms with E-state index >= 15 is 0 Å². The normalized spacial score (nSPS) is 17.7. The Morgan fingerprint density at radius 3 is 2.52 bits per heavy atom. The second-order valence-corrected chi connectivity index (χ2v) is 8.66. The van der Waals surface area contributed by atoms with Gasteiger partial charge in [0, 0.05) is 18.8 Å². The molecule has 0 saturated carbocycles. The van der Waals surface area contributed by atoms with Gasteiger partial charge in [0.1, 0.15) is 0 Å². The lowest BCUT2D eigenvalue weighted by Gasteiger charge is -2.20. The Balaban J connectivity index is 0.000000152. The van der Waals surface area contributed by atoms with Crippen molar-refractivity contribution in [2.45, 2.75) is 26.3 Å². The van der Waals surface area contributed by atoms with Gasteiger partial charge in [0.15, 0.2) is 5.78 Å². The van der Waals surface area contributed by atoms with E-state index in [0.717, 1.165) is 23.2 Å². The average Bonchev–Trinajstić information content (AvgIpc) is 2.83. The molecular formula is C28H24N2O3. The van der Waals surface area contributed by atoms with Gasteiger partial charge in [-0.25, -0.2) is 4.79 Å². The van der Waals surface area contributed by atoms with Gasteiger partial charge in [-0.1, -0.05) is 55.5 Å². The van der Waals surface area contributed by atoms with E-state index in [2.05, 4.69) is 48.3 Å². The third-order valence-corrected chi connectivity index (χ3v) is 6.32. The van der Waals surface area contributed by atoms with Crippen LogP contribution in [0, 0.1) is 5.92 Å². The number of benzene rings is 2. The van der Waals surface area contributed by atoms with Crippen molar-refractivity contribution in [1.29, 1.82) is 0 Å². The molecule has 5 nitrogen and oxygen atoms in total. The van der Waals surface area contributed by atoms with Crippen LogP contribution < -0.4 is 0 Å². The number of rotatable bonds is 0. The van der Waals surface area contributed by atoms with Gasteiger partial charge in [-0.15, -0.1) is 0 Å². The Kier molecular flexibility index (Phi) is 5.38. The minimum atomic E-state index is -0.939. The van der Waals surface area contributed by atoms with E-state index in [0.29, 0.717) is 18.9 Å². The van der Waals surface area contributed by atoms with Gasteiger partial charge < -0.3 is 5.11 Å². The first kappa shape index (κ1) is 20.9. The largest absolute Gasteiger partial charge is 0.465 e. The molecule has 2 aromatic carbocycles. The molecule has 3 aliphatic rings. The standard InChI is InChI=1S/C19H16O.C9H8N2O2/c1-12-2-6-16-13(10-12)3-7-19-17-9-5-15(20)11-14(17)4-8-18(16)19;12-9(13)11-5-3-8-7(6-11)2-1-4-10-8/h2-9,12H,10-11H2,1H3;1-5H,6H2,(H,12,13). The number of fused-ring (bicyclic) bond motifs is 6. The van der Waals surface area contributed by atoms with Gasteiger partial charge in [-0.3, -0.25) is 14.7 Å². The molecule has 1 N–H and O–H groups in total. The number of pyridine rings is 1. The van der Waals surface area contributed by atoms with Gasteiger partial charge in [0.2, 0.25) is 0 Å². The molecule has 0 fully saturated rings. The monoisotopic (exact) mass is 436 g/mol. The summed E-state index contributed by atoms with van der Waals surface area (Å²) in [4.78, 5) is 27.5. The number of allylic oxidation sites excluding steroid dienone is 2. The molecule has 0 spiro atoms. The summed E-state index contributed by atoms with van der Waals surface area (Å²) < 4.78 is 0. The minimum absolute atomic E-state index is 0.198. The lowest BCUT2D eigenvalue weighted by molar-refractivity contribution is -0.114. The fraction of sp³-hybridized carbons (Fsp3) is 0.179. The molecule has 3 aromatic rings. The topological polar surface area (TPSA) is 70.5 Å². The molecule has 2 aliphatic carbocycles. The molecule has 1 amide bonds. The summed E-state index contributed by atoms with van der Waals surface area (Å²) in [5.41, 5.74) is 6.94. The smallest absolute Gasteiger partial charge is 0.411 e. The molecule has 0 bridgehead atoms. The van der Waals surface area contributed by atoms with Crippen LogP contribution in [0.4, 0.5) is 4.79 Å². The molecule has 0 saturated heterocycles. The summed E-state index contributed by atoms with van der Waals surface area (Å²) in [7, 11) is 0. The summed E-state index contributed by atoms with van der Waals surface area (Å²) in [5, 5.41) is 11.3. The van der Waals surface area contributed by atoms with Crippen LogP contribution in [0.2, 0.25) is 0 Å². The molecule has 33 heavy (non-hydrogen) atoms. The maximum atomic E-state index is 11.5. The van der Waals surface area contributed by atoms with Crippen LogP contribution in [0.3, 0.4) is 0 Å². The first-order valence-electron chi connectivity index (χ1n) is 11.1. The fourth-order valence-electron chi connectivity index (χ4n) is 4.63. The number of hydrogen-bond donors (Lipinski definition) is 1. The van der Waals surface area contributed by atoms with Crippen molar-refractivity contribution in [2.24, 2.45) is 5.92 Å². The molecule has 1 aromatic heterocycles. The summed E-state index contributed by atoms with van der Waals surface area (Å²) in [6, 6.07) is 12.5. The maximum Gasteiger partial charge on any atom is 0.411 e. The number of nitrogens with zero attached hydrogens (tertiary/aromatic N) is 2. The molecular weight excluding hydrogens is 412 g/mol. The number of aromatic nitrogens is 1. The van der Waals surface area contributed by atoms with Gasteiger partial charge in [-0.2, -0.15) is 0 Å². The van der Waals surface area contributed by atoms with Gasteiger partial charge in [0.25, 0.3) is 0 Å². The van der Waals surface area contributed by atoms with Crippen molar-refractivity contribution >= 4 is 40.9 Å². The molecule has 164 valence electrons. The summed E-state index contributed by atoms with van der Waals surface area (Å²) in [6.45, 7) is 2.64. The van der Waals surface area contributed by atoms with E-state index in [-0.39, 0.29) is 5.78 Å². The van der Waals surface area contributed by atoms with Crippen LogP contribution in [0.15, 0.2) is 60.9 Å². The van der Waals surface area contributed by atoms with E-state index in [1.54, 1.807) is 24.4 Å². The number of ketones is 1. The van der Waals surface area contributed by atoms with Gasteiger partial charge in [0.05, 0.1) is 12.2 Å². The van der Waals surface area contributed by atoms with Crippen LogP contribution in [0.5, 0.6) is 0 Å². The Morgan fingerprint density at radius 1 is 0.970 bits per heavy atom. The minimum Gasteiger partial charge on any atom is -0.465 e. The molecule has 2 heterocycles. The maximum absolute atomic E-state index is 11.5. The molecule has 6 rings (SSSR count). The highest BCUT2D eigenvalue weighted by Gasteiger charge is 2.17. The SMILES string of the molecule is CC1C=Cc2c(ccc3c4c(ccc23)CC(=O)C=C4)C1.O=C(O)N1C=Cc2ncccc2C1. The Bertz CT molecular complexity index is 1370. The first-order valence-corrected chi connectivity index (χ1v) is 11.1. The third kappa shape index (κ3) is 4.10. The van der Waals surface area contributed by atoms with Gasteiger partial charge >= 0.3 is 6.09 Å². The van der Waals surface area contributed by atoms with Gasteiger partial charge in [-0.05, 0) is 69.1 Å². The van der Waals surface area contributed by atoms with Crippen LogP contribution in [0.25, 0.3) is 29.0 Å². The van der Waals surface area contributed by atoms with Crippen molar-refractivity contribution in [1.82, 2.24) is 9.88 Å². The highest BCUT2D eigenvalue weighted by atomic mass is 16.4. The zero-order chi connectivity index (χ0) is 22.9. The number of carbonyl (C=O) groups is 2. The van der Waals surface area contributed by atoms with Crippen LogP contribution in [-0.2, 0) is 24.2 Å². The van der Waals surface area contributed by atoms with Crippen molar-refractivity contribution < 1.29 is 14.7 Å². The molecule has 1 atom stereocenters. The summed E-state index contributed by atoms with van der Waals surface area (Å²) in [6.07, 6.45) is 13.9. The third-order valence-electron chi connectivity index (χ3n) is 6.32. The highest BCUT2D eigenvalue weighted by molar-refractivity contribution is 6.05. The predicted octanol–water partition coefficient (Wildman–Crippen LogP) is 5.73. The lowest BCUT2D eigenvalue weighted by atomic mass is 9.84. The number of amides is 1. The molecule has 0 radical (unpaired) electrons. The lowest BCUT2D eigenvalue weighted by Crippen LogP contribution is -2.25. The first-order chi connectivity index (χ1) is 16.0. The summed E-state index contributed by atoms with van der Waals surface area (Å²) >= 11 is 0. The van der Waals surface area contributed by atoms with Crippen LogP contribution in [-0.4, -0.2) is 26.9 Å². The fourth-order valence-corrected chi connectivity index (χ4v) is 4.63. The van der Waals surface area contributed by atoms with Crippen LogP contribution >= 0.6 is 0 Å². The van der Waals surface area contributed by atoms with E-state index in [4.69, 9.17) is 5.11 Å². The number of hydrogen-bond acceptors (Lipinski definition) is 3. The Labute approximate surface area is 192 Å². The summed E-state index contributed by atoms with van der Waals surface area (Å²) in [5.74, 6) is 0.818. The number of carboxylic acid groups (broad SMARTS) is 1. The quantitative estimate of drug-likeness (QED) is 0.489. The zero-order valence-electron chi connectivity index (χ0n) is 18.4. The average molecular weight is 437 g/mol. The van der Waals surface area contributed by atoms with Crippen molar-refractivity contribution in [2.75, 3.05) is 0 Å². The van der Waals surface area contributed by atoms with Crippen molar-refractivity contribution in [3.63, 3.8) is 0 Å². The second-order valence-electron chi connectivity index (χ2n) is 8.66.